The van der Waals surface area contributed by atoms with Gasteiger partial charge in [0.1, 0.15) is 12.1 Å². The maximum absolute atomic E-state index is 12.8. The fraction of sp³-hybridized carbons (Fsp3) is 0.562. The van der Waals surface area contributed by atoms with Gasteiger partial charge in [0.15, 0.2) is 0 Å². The van der Waals surface area contributed by atoms with E-state index in [1.165, 1.54) is 4.31 Å². The highest BCUT2D eigenvalue weighted by Crippen LogP contribution is 2.30. The van der Waals surface area contributed by atoms with Gasteiger partial charge in [-0.2, -0.15) is 4.31 Å². The van der Waals surface area contributed by atoms with Crippen LogP contribution < -0.4 is 0 Å². The lowest BCUT2D eigenvalue weighted by molar-refractivity contribution is -0.160. The van der Waals surface area contributed by atoms with E-state index in [0.29, 0.717) is 0 Å². The number of carbonyl (C=O) groups is 1. The summed E-state index contributed by atoms with van der Waals surface area (Å²) >= 11 is 0. The average Bonchev–Trinajstić information content (AvgIpc) is 2.40. The minimum Gasteiger partial charge on any atom is -0.463 e. The predicted octanol–water partition coefficient (Wildman–Crippen LogP) is 2.31. The Kier molecular flexibility index (Phi) is 4.13. The molecule has 0 aliphatic carbocycles. The fourth-order valence-corrected chi connectivity index (χ4v) is 4.18. The molecular weight excluding hydrogens is 302 g/mol. The first-order valence-corrected chi connectivity index (χ1v) is 8.72. The number of morpholine rings is 1. The van der Waals surface area contributed by atoms with E-state index in [1.54, 1.807) is 26.0 Å². The SMILES string of the molecule is CC(C)(C)c1ccc(S(=O)(=O)N2CCOC(=O)C2(C)C)cc1. The Morgan fingerprint density at radius 2 is 1.68 bits per heavy atom. The summed E-state index contributed by atoms with van der Waals surface area (Å²) in [5, 5.41) is 0. The highest BCUT2D eigenvalue weighted by Gasteiger charge is 2.46. The number of sulfonamides is 1. The second-order valence-electron chi connectivity index (χ2n) is 7.05. The van der Waals surface area contributed by atoms with Crippen molar-refractivity contribution in [3.8, 4) is 0 Å². The molecule has 1 fully saturated rings. The third-order valence-corrected chi connectivity index (χ3v) is 6.05. The van der Waals surface area contributed by atoms with Crippen LogP contribution in [0.15, 0.2) is 29.2 Å². The molecule has 0 N–H and O–H groups in total. The first-order chi connectivity index (χ1) is 9.97. The summed E-state index contributed by atoms with van der Waals surface area (Å²) in [6.07, 6.45) is 0. The van der Waals surface area contributed by atoms with Gasteiger partial charge < -0.3 is 4.74 Å². The molecule has 1 aliphatic rings. The number of rotatable bonds is 2. The van der Waals surface area contributed by atoms with Gasteiger partial charge in [-0.3, -0.25) is 4.79 Å². The molecule has 22 heavy (non-hydrogen) atoms. The quantitative estimate of drug-likeness (QED) is 0.783. The topological polar surface area (TPSA) is 63.7 Å². The summed E-state index contributed by atoms with van der Waals surface area (Å²) in [6.45, 7) is 9.59. The highest BCUT2D eigenvalue weighted by atomic mass is 32.2. The maximum Gasteiger partial charge on any atom is 0.327 e. The first-order valence-electron chi connectivity index (χ1n) is 7.28. The molecule has 1 saturated heterocycles. The molecule has 0 radical (unpaired) electrons. The van der Waals surface area contributed by atoms with Crippen molar-refractivity contribution in [1.82, 2.24) is 4.31 Å². The zero-order valence-corrected chi connectivity index (χ0v) is 14.5. The zero-order chi connectivity index (χ0) is 16.8. The largest absolute Gasteiger partial charge is 0.463 e. The Morgan fingerprint density at radius 3 is 2.18 bits per heavy atom. The summed E-state index contributed by atoms with van der Waals surface area (Å²) < 4.78 is 31.8. The highest BCUT2D eigenvalue weighted by molar-refractivity contribution is 7.89. The molecule has 1 aromatic rings. The van der Waals surface area contributed by atoms with Crippen molar-refractivity contribution < 1.29 is 17.9 Å². The Labute approximate surface area is 132 Å². The molecule has 0 atom stereocenters. The molecule has 0 amide bonds. The molecule has 1 heterocycles. The molecule has 0 saturated carbocycles. The van der Waals surface area contributed by atoms with Crippen molar-refractivity contribution in [1.29, 1.82) is 0 Å². The van der Waals surface area contributed by atoms with Gasteiger partial charge in [0.25, 0.3) is 0 Å². The molecule has 5 nitrogen and oxygen atoms in total. The normalized spacial score (nSPS) is 19.8. The van der Waals surface area contributed by atoms with Crippen LogP contribution in [0.4, 0.5) is 0 Å². The standard InChI is InChI=1S/C16H23NO4S/c1-15(2,3)12-6-8-13(9-7-12)22(19,20)17-10-11-21-14(18)16(17,4)5/h6-9H,10-11H2,1-5H3. The van der Waals surface area contributed by atoms with Gasteiger partial charge in [0.2, 0.25) is 10.0 Å². The number of esters is 1. The number of hydrogen-bond donors (Lipinski definition) is 0. The zero-order valence-electron chi connectivity index (χ0n) is 13.7. The molecule has 2 rings (SSSR count). The van der Waals surface area contributed by atoms with E-state index in [2.05, 4.69) is 20.8 Å². The van der Waals surface area contributed by atoms with Gasteiger partial charge in [-0.05, 0) is 37.0 Å². The number of ether oxygens (including phenoxy) is 1. The van der Waals surface area contributed by atoms with Crippen LogP contribution in [0.5, 0.6) is 0 Å². The van der Waals surface area contributed by atoms with Gasteiger partial charge in [-0.15, -0.1) is 0 Å². The Balaban J connectivity index is 2.40. The van der Waals surface area contributed by atoms with Crippen LogP contribution in [0.1, 0.15) is 40.2 Å². The van der Waals surface area contributed by atoms with E-state index in [4.69, 9.17) is 4.74 Å². The molecule has 0 spiro atoms. The van der Waals surface area contributed by atoms with Crippen molar-refractivity contribution in [2.24, 2.45) is 0 Å². The number of nitrogens with zero attached hydrogens (tertiary/aromatic N) is 1. The Bertz CT molecular complexity index is 669. The second kappa shape index (κ2) is 5.35. The number of carbonyl (C=O) groups excluding carboxylic acids is 1. The minimum atomic E-state index is -3.73. The third kappa shape index (κ3) is 2.90. The van der Waals surface area contributed by atoms with E-state index in [0.717, 1.165) is 5.56 Å². The van der Waals surface area contributed by atoms with Crippen LogP contribution in [0, 0.1) is 0 Å². The monoisotopic (exact) mass is 325 g/mol. The summed E-state index contributed by atoms with van der Waals surface area (Å²) in [6, 6.07) is 6.85. The van der Waals surface area contributed by atoms with Crippen molar-refractivity contribution in [3.05, 3.63) is 29.8 Å². The number of cyclic esters (lactones) is 1. The first kappa shape index (κ1) is 17.0. The summed E-state index contributed by atoms with van der Waals surface area (Å²) in [5.74, 6) is -0.520. The van der Waals surface area contributed by atoms with Gasteiger partial charge in [0, 0.05) is 6.54 Å². The van der Waals surface area contributed by atoms with E-state index in [-0.39, 0.29) is 23.5 Å². The lowest BCUT2D eigenvalue weighted by atomic mass is 9.87. The molecule has 122 valence electrons. The van der Waals surface area contributed by atoms with Crippen LogP contribution >= 0.6 is 0 Å². The average molecular weight is 325 g/mol. The third-order valence-electron chi connectivity index (χ3n) is 3.96. The Morgan fingerprint density at radius 1 is 1.14 bits per heavy atom. The van der Waals surface area contributed by atoms with Crippen molar-refractivity contribution in [2.45, 2.75) is 50.5 Å². The molecule has 0 aromatic heterocycles. The van der Waals surface area contributed by atoms with Crippen LogP contribution in [-0.4, -0.2) is 37.4 Å². The van der Waals surface area contributed by atoms with Crippen LogP contribution in [0.25, 0.3) is 0 Å². The van der Waals surface area contributed by atoms with E-state index < -0.39 is 21.5 Å². The summed E-state index contributed by atoms with van der Waals surface area (Å²) in [7, 11) is -3.73. The fourth-order valence-electron chi connectivity index (χ4n) is 2.45. The molecule has 1 aliphatic heterocycles. The van der Waals surface area contributed by atoms with Crippen LogP contribution in [0.3, 0.4) is 0 Å². The van der Waals surface area contributed by atoms with Gasteiger partial charge in [-0.25, -0.2) is 8.42 Å². The smallest absolute Gasteiger partial charge is 0.327 e. The number of hydrogen-bond acceptors (Lipinski definition) is 4. The predicted molar refractivity (Wildman–Crippen MR) is 84.1 cm³/mol. The van der Waals surface area contributed by atoms with Gasteiger partial charge in [-0.1, -0.05) is 32.9 Å². The lowest BCUT2D eigenvalue weighted by Crippen LogP contribution is -2.58. The van der Waals surface area contributed by atoms with E-state index in [9.17, 15) is 13.2 Å². The lowest BCUT2D eigenvalue weighted by Gasteiger charge is -2.38. The second-order valence-corrected chi connectivity index (χ2v) is 8.91. The van der Waals surface area contributed by atoms with Crippen molar-refractivity contribution in [2.75, 3.05) is 13.2 Å². The van der Waals surface area contributed by atoms with Gasteiger partial charge >= 0.3 is 5.97 Å². The summed E-state index contributed by atoms with van der Waals surface area (Å²) in [4.78, 5) is 12.1. The molecule has 6 heteroatoms. The van der Waals surface area contributed by atoms with Crippen LogP contribution in [-0.2, 0) is 25.0 Å². The molecular formula is C16H23NO4S. The van der Waals surface area contributed by atoms with Crippen molar-refractivity contribution in [3.63, 3.8) is 0 Å². The van der Waals surface area contributed by atoms with E-state index >= 15 is 0 Å². The maximum atomic E-state index is 12.8. The molecule has 0 bridgehead atoms. The Hall–Kier alpha value is -1.40. The minimum absolute atomic E-state index is 0.0451. The number of benzene rings is 1. The summed E-state index contributed by atoms with van der Waals surface area (Å²) in [5.41, 5.74) is -0.181. The van der Waals surface area contributed by atoms with Gasteiger partial charge in [0.05, 0.1) is 4.90 Å². The van der Waals surface area contributed by atoms with Crippen LogP contribution in [0.2, 0.25) is 0 Å². The molecule has 1 aromatic carbocycles. The van der Waals surface area contributed by atoms with Crippen molar-refractivity contribution >= 4 is 16.0 Å². The van der Waals surface area contributed by atoms with E-state index in [1.807, 2.05) is 12.1 Å². The molecule has 0 unspecified atom stereocenters.